The third-order valence-electron chi connectivity index (χ3n) is 5.34. The smallest absolute Gasteiger partial charge is 0.267 e. The molecule has 160 valence electrons. The zero-order valence-electron chi connectivity index (χ0n) is 17.6. The molecule has 0 spiro atoms. The molecule has 2 aromatic carbocycles. The van der Waals surface area contributed by atoms with Crippen LogP contribution in [0.15, 0.2) is 53.4 Å². The monoisotopic (exact) mass is 452 g/mol. The lowest BCUT2D eigenvalue weighted by atomic mass is 10.1. The second-order valence-electron chi connectivity index (χ2n) is 7.47. The minimum absolute atomic E-state index is 0.156. The van der Waals surface area contributed by atoms with E-state index in [4.69, 9.17) is 17.0 Å². The number of rotatable bonds is 7. The predicted octanol–water partition coefficient (Wildman–Crippen LogP) is 4.54. The zero-order chi connectivity index (χ0) is 22.0. The summed E-state index contributed by atoms with van der Waals surface area (Å²) in [5, 5.41) is 0. The zero-order valence-corrected chi connectivity index (χ0v) is 19.2. The van der Waals surface area contributed by atoms with Crippen molar-refractivity contribution in [3.8, 4) is 0 Å². The van der Waals surface area contributed by atoms with Crippen molar-refractivity contribution in [2.45, 2.75) is 26.8 Å². The number of carbonyl (C=O) groups is 2. The first kappa shape index (κ1) is 21.7. The van der Waals surface area contributed by atoms with Crippen LogP contribution in [0.3, 0.4) is 0 Å². The van der Waals surface area contributed by atoms with Crippen LogP contribution < -0.4 is 4.90 Å². The Morgan fingerprint density at radius 2 is 1.74 bits per heavy atom. The summed E-state index contributed by atoms with van der Waals surface area (Å²) in [5.41, 5.74) is 4.27. The molecule has 0 atom stereocenters. The van der Waals surface area contributed by atoms with E-state index in [0.29, 0.717) is 47.5 Å². The van der Waals surface area contributed by atoms with Crippen molar-refractivity contribution in [3.63, 3.8) is 0 Å². The maximum Gasteiger partial charge on any atom is 0.267 e. The van der Waals surface area contributed by atoms with E-state index < -0.39 is 0 Å². The molecule has 2 aliphatic rings. The summed E-state index contributed by atoms with van der Waals surface area (Å²) in [4.78, 5) is 30.4. The van der Waals surface area contributed by atoms with Crippen LogP contribution in [0.2, 0.25) is 0 Å². The van der Waals surface area contributed by atoms with Crippen LogP contribution in [0, 0.1) is 6.92 Å². The molecule has 4 rings (SSSR count). The molecule has 31 heavy (non-hydrogen) atoms. The van der Waals surface area contributed by atoms with E-state index >= 15 is 0 Å². The van der Waals surface area contributed by atoms with Crippen LogP contribution in [0.5, 0.6) is 0 Å². The number of hydrogen-bond acceptors (Lipinski definition) is 5. The van der Waals surface area contributed by atoms with Crippen LogP contribution in [-0.2, 0) is 20.9 Å². The van der Waals surface area contributed by atoms with Crippen molar-refractivity contribution >= 4 is 51.4 Å². The fourth-order valence-electron chi connectivity index (χ4n) is 3.74. The number of hydrogen-bond donors (Lipinski definition) is 0. The van der Waals surface area contributed by atoms with Gasteiger partial charge < -0.3 is 9.64 Å². The Morgan fingerprint density at radius 1 is 1.00 bits per heavy atom. The van der Waals surface area contributed by atoms with Gasteiger partial charge in [-0.2, -0.15) is 0 Å². The molecule has 0 aliphatic carbocycles. The summed E-state index contributed by atoms with van der Waals surface area (Å²) in [5.74, 6) is -0.349. The van der Waals surface area contributed by atoms with Crippen molar-refractivity contribution in [1.29, 1.82) is 0 Å². The molecule has 0 bridgehead atoms. The van der Waals surface area contributed by atoms with Gasteiger partial charge in [0.05, 0.1) is 22.7 Å². The molecule has 0 saturated carbocycles. The van der Waals surface area contributed by atoms with Gasteiger partial charge in [-0.05, 0) is 31.9 Å². The molecule has 1 fully saturated rings. The van der Waals surface area contributed by atoms with Crippen molar-refractivity contribution in [3.05, 3.63) is 70.1 Å². The Morgan fingerprint density at radius 3 is 2.48 bits per heavy atom. The van der Waals surface area contributed by atoms with Gasteiger partial charge in [-0.15, -0.1) is 0 Å². The Hall–Kier alpha value is -2.48. The summed E-state index contributed by atoms with van der Waals surface area (Å²) in [7, 11) is 0. The minimum Gasteiger partial charge on any atom is -0.382 e. The molecular weight excluding hydrogens is 428 g/mol. The molecule has 0 radical (unpaired) electrons. The van der Waals surface area contributed by atoms with E-state index in [1.165, 1.54) is 17.3 Å². The SMILES string of the molecule is CCOCCCN1C(=O)/C(=C2\C(=O)N(Cc3ccc(C)cc3)c3ccccc32)SC1=S. The van der Waals surface area contributed by atoms with Crippen molar-refractivity contribution in [2.75, 3.05) is 24.7 Å². The first-order valence-corrected chi connectivity index (χ1v) is 11.6. The van der Waals surface area contributed by atoms with Crippen LogP contribution >= 0.6 is 24.0 Å². The number of ether oxygens (including phenoxy) is 1. The molecule has 0 N–H and O–H groups in total. The number of nitrogens with zero attached hydrogens (tertiary/aromatic N) is 2. The Bertz CT molecular complexity index is 1060. The van der Waals surface area contributed by atoms with Gasteiger partial charge in [0.1, 0.15) is 4.32 Å². The lowest BCUT2D eigenvalue weighted by molar-refractivity contribution is -0.122. The molecule has 7 heteroatoms. The van der Waals surface area contributed by atoms with Crippen LogP contribution in [0.25, 0.3) is 5.57 Å². The highest BCUT2D eigenvalue weighted by molar-refractivity contribution is 8.26. The van der Waals surface area contributed by atoms with Crippen LogP contribution in [0.4, 0.5) is 5.69 Å². The number of benzene rings is 2. The summed E-state index contributed by atoms with van der Waals surface area (Å²) < 4.78 is 5.86. The summed E-state index contributed by atoms with van der Waals surface area (Å²) >= 11 is 6.68. The number of aryl methyl sites for hydroxylation is 1. The molecule has 5 nitrogen and oxygen atoms in total. The Balaban J connectivity index is 1.64. The standard InChI is InChI=1S/C24H24N2O3S2/c1-3-29-14-6-13-25-23(28)21(31-24(25)30)20-18-7-4-5-8-19(18)26(22(20)27)15-17-11-9-16(2)10-12-17/h4-5,7-12H,3,6,13-15H2,1-2H3/b21-20+. The number of anilines is 1. The second-order valence-corrected chi connectivity index (χ2v) is 9.12. The first-order valence-electron chi connectivity index (χ1n) is 10.3. The molecule has 2 aliphatic heterocycles. The van der Waals surface area contributed by atoms with E-state index in [2.05, 4.69) is 0 Å². The summed E-state index contributed by atoms with van der Waals surface area (Å²) in [6, 6.07) is 15.8. The van der Waals surface area contributed by atoms with E-state index in [0.717, 1.165) is 16.8 Å². The van der Waals surface area contributed by atoms with Gasteiger partial charge in [0, 0.05) is 25.3 Å². The van der Waals surface area contributed by atoms with Gasteiger partial charge in [0.25, 0.3) is 11.8 Å². The highest BCUT2D eigenvalue weighted by atomic mass is 32.2. The number of carbonyl (C=O) groups excluding carboxylic acids is 2. The van der Waals surface area contributed by atoms with Crippen LogP contribution in [-0.4, -0.2) is 40.8 Å². The highest BCUT2D eigenvalue weighted by Gasteiger charge is 2.41. The van der Waals surface area contributed by atoms with E-state index in [-0.39, 0.29) is 11.8 Å². The normalized spacial score (nSPS) is 18.3. The molecular formula is C24H24N2O3S2. The number of thiocarbonyl (C=S) groups is 1. The first-order chi connectivity index (χ1) is 15.0. The fraction of sp³-hybridized carbons (Fsp3) is 0.292. The largest absolute Gasteiger partial charge is 0.382 e. The van der Waals surface area contributed by atoms with E-state index in [9.17, 15) is 9.59 Å². The maximum atomic E-state index is 13.5. The quantitative estimate of drug-likeness (QED) is 0.351. The van der Waals surface area contributed by atoms with Gasteiger partial charge in [0.2, 0.25) is 0 Å². The third-order valence-corrected chi connectivity index (χ3v) is 6.78. The molecule has 2 aromatic rings. The lowest BCUT2D eigenvalue weighted by Gasteiger charge is -2.17. The fourth-order valence-corrected chi connectivity index (χ4v) is 5.12. The second kappa shape index (κ2) is 9.34. The summed E-state index contributed by atoms with van der Waals surface area (Å²) in [6.45, 7) is 6.14. The van der Waals surface area contributed by atoms with Crippen molar-refractivity contribution in [2.24, 2.45) is 0 Å². The van der Waals surface area contributed by atoms with Gasteiger partial charge in [-0.1, -0.05) is 72.0 Å². The maximum absolute atomic E-state index is 13.5. The number of thioether (sulfide) groups is 1. The van der Waals surface area contributed by atoms with Gasteiger partial charge >= 0.3 is 0 Å². The average molecular weight is 453 g/mol. The van der Waals surface area contributed by atoms with Gasteiger partial charge in [0.15, 0.2) is 0 Å². The third kappa shape index (κ3) is 4.31. The lowest BCUT2D eigenvalue weighted by Crippen LogP contribution is -2.30. The molecule has 1 saturated heterocycles. The molecule has 2 amide bonds. The molecule has 2 heterocycles. The average Bonchev–Trinajstić information content (AvgIpc) is 3.20. The van der Waals surface area contributed by atoms with E-state index in [1.807, 2.05) is 62.4 Å². The topological polar surface area (TPSA) is 49.9 Å². The number of fused-ring (bicyclic) bond motifs is 1. The summed E-state index contributed by atoms with van der Waals surface area (Å²) in [6.07, 6.45) is 0.701. The van der Waals surface area contributed by atoms with Gasteiger partial charge in [-0.25, -0.2) is 0 Å². The Labute approximate surface area is 192 Å². The van der Waals surface area contributed by atoms with Gasteiger partial charge in [-0.3, -0.25) is 14.5 Å². The van der Waals surface area contributed by atoms with Crippen molar-refractivity contribution < 1.29 is 14.3 Å². The number of amides is 2. The Kier molecular flexibility index (Phi) is 6.55. The predicted molar refractivity (Wildman–Crippen MR) is 129 cm³/mol. The highest BCUT2D eigenvalue weighted by Crippen LogP contribution is 2.45. The molecule has 0 aromatic heterocycles. The minimum atomic E-state index is -0.193. The number of para-hydroxylation sites is 1. The van der Waals surface area contributed by atoms with E-state index in [1.54, 1.807) is 9.80 Å². The van der Waals surface area contributed by atoms with Crippen molar-refractivity contribution in [1.82, 2.24) is 4.90 Å². The molecule has 0 unspecified atom stereocenters. The van der Waals surface area contributed by atoms with Crippen LogP contribution in [0.1, 0.15) is 30.0 Å².